The van der Waals surface area contributed by atoms with Crippen molar-refractivity contribution in [2.45, 2.75) is 58.4 Å². The van der Waals surface area contributed by atoms with Crippen molar-refractivity contribution in [1.29, 1.82) is 5.26 Å². The van der Waals surface area contributed by atoms with Crippen molar-refractivity contribution >= 4 is 33.9 Å². The van der Waals surface area contributed by atoms with Crippen LogP contribution in [0.5, 0.6) is 0 Å². The van der Waals surface area contributed by atoms with Gasteiger partial charge in [0.15, 0.2) is 11.6 Å². The summed E-state index contributed by atoms with van der Waals surface area (Å²) in [5.41, 5.74) is 3.93. The zero-order valence-corrected chi connectivity index (χ0v) is 21.5. The molecule has 0 bridgehead atoms. The summed E-state index contributed by atoms with van der Waals surface area (Å²) in [6.45, 7) is 3.90. The molecule has 36 heavy (non-hydrogen) atoms. The fraction of sp³-hybridized carbons (Fsp3) is 0.333. The maximum atomic E-state index is 12.9. The number of aryl methyl sites for hydroxylation is 1. The number of nitriles is 1. The second-order valence-corrected chi connectivity index (χ2v) is 11.0. The van der Waals surface area contributed by atoms with Crippen LogP contribution in [0.2, 0.25) is 0 Å². The number of fused-ring (bicyclic) bond motifs is 1. The van der Waals surface area contributed by atoms with Crippen LogP contribution in [-0.2, 0) is 0 Å². The van der Waals surface area contributed by atoms with Crippen molar-refractivity contribution in [3.05, 3.63) is 75.5 Å². The van der Waals surface area contributed by atoms with Gasteiger partial charge in [0.1, 0.15) is 5.82 Å². The first kappa shape index (κ1) is 24.1. The number of ketones is 2. The minimum atomic E-state index is 0.0968. The lowest BCUT2D eigenvalue weighted by Gasteiger charge is -2.31. The Labute approximate surface area is 215 Å². The Kier molecular flexibility index (Phi) is 6.84. The smallest absolute Gasteiger partial charge is 0.173 e. The van der Waals surface area contributed by atoms with Gasteiger partial charge in [0.25, 0.3) is 0 Å². The maximum Gasteiger partial charge on any atom is 0.173 e. The van der Waals surface area contributed by atoms with E-state index in [1.165, 1.54) is 0 Å². The van der Waals surface area contributed by atoms with Crippen molar-refractivity contribution < 1.29 is 9.59 Å². The van der Waals surface area contributed by atoms with Crippen LogP contribution in [0.1, 0.15) is 82.0 Å². The number of rotatable bonds is 7. The minimum absolute atomic E-state index is 0.0968. The summed E-state index contributed by atoms with van der Waals surface area (Å²) in [5.74, 6) is 1.46. The summed E-state index contributed by atoms with van der Waals surface area (Å²) in [7, 11) is 0. The molecule has 2 atom stereocenters. The van der Waals surface area contributed by atoms with Gasteiger partial charge in [-0.3, -0.25) is 9.59 Å². The predicted octanol–water partition coefficient (Wildman–Crippen LogP) is 7.54. The highest BCUT2D eigenvalue weighted by atomic mass is 32.1. The number of benzene rings is 2. The lowest BCUT2D eigenvalue weighted by molar-refractivity contribution is 0.0944. The monoisotopic (exact) mass is 495 g/mol. The van der Waals surface area contributed by atoms with Crippen molar-refractivity contribution in [3.8, 4) is 17.5 Å². The lowest BCUT2D eigenvalue weighted by atomic mass is 9.82. The van der Waals surface area contributed by atoms with Crippen LogP contribution in [0, 0.1) is 24.2 Å². The average Bonchev–Trinajstić information content (AvgIpc) is 3.51. The molecule has 5 rings (SSSR count). The van der Waals surface area contributed by atoms with E-state index < -0.39 is 0 Å². The molecule has 4 aromatic rings. The van der Waals surface area contributed by atoms with Crippen LogP contribution in [0.4, 0.5) is 0 Å². The van der Waals surface area contributed by atoms with E-state index in [0.717, 1.165) is 57.9 Å². The zero-order chi connectivity index (χ0) is 25.2. The van der Waals surface area contributed by atoms with Gasteiger partial charge in [-0.25, -0.2) is 4.98 Å². The van der Waals surface area contributed by atoms with Gasteiger partial charge in [-0.05, 0) is 74.6 Å². The second kappa shape index (κ2) is 10.2. The molecule has 1 aliphatic carbocycles. The first-order valence-electron chi connectivity index (χ1n) is 12.6. The van der Waals surface area contributed by atoms with E-state index in [1.807, 2.05) is 62.4 Å². The third kappa shape index (κ3) is 4.76. The van der Waals surface area contributed by atoms with Crippen LogP contribution in [0.3, 0.4) is 0 Å². The lowest BCUT2D eigenvalue weighted by Crippen LogP contribution is -2.22. The molecule has 0 spiro atoms. The van der Waals surface area contributed by atoms with Gasteiger partial charge in [0.2, 0.25) is 0 Å². The van der Waals surface area contributed by atoms with Gasteiger partial charge in [0.05, 0.1) is 27.5 Å². The maximum absolute atomic E-state index is 12.9. The summed E-state index contributed by atoms with van der Waals surface area (Å²) in [5, 5.41) is 9.46. The van der Waals surface area contributed by atoms with E-state index >= 15 is 0 Å². The van der Waals surface area contributed by atoms with Gasteiger partial charge >= 0.3 is 0 Å². The molecule has 2 aromatic carbocycles. The SMILES string of the molecule is CCC(=O)c1ccc2c(c1)nc(-c1cccc(C#N)c1)n2[C@H]1CCC[C@@H](CC(=O)c2ccc(C)s2)C1. The molecule has 0 saturated heterocycles. The van der Waals surface area contributed by atoms with Crippen LogP contribution in [-0.4, -0.2) is 21.1 Å². The third-order valence-electron chi connectivity index (χ3n) is 7.19. The Morgan fingerprint density at radius 2 is 1.97 bits per heavy atom. The Hall–Kier alpha value is -3.56. The second-order valence-electron chi connectivity index (χ2n) is 9.70. The fourth-order valence-electron chi connectivity index (χ4n) is 5.41. The van der Waals surface area contributed by atoms with Crippen molar-refractivity contribution in [2.24, 2.45) is 5.92 Å². The van der Waals surface area contributed by atoms with Crippen molar-refractivity contribution in [3.63, 3.8) is 0 Å². The van der Waals surface area contributed by atoms with E-state index in [1.54, 1.807) is 17.4 Å². The molecule has 0 radical (unpaired) electrons. The number of hydrogen-bond acceptors (Lipinski definition) is 5. The number of carbonyl (C=O) groups excluding carboxylic acids is 2. The largest absolute Gasteiger partial charge is 0.321 e. The van der Waals surface area contributed by atoms with Crippen molar-refractivity contribution in [2.75, 3.05) is 0 Å². The first-order chi connectivity index (χ1) is 17.5. The van der Waals surface area contributed by atoms with Gasteiger partial charge in [0, 0.05) is 34.9 Å². The fourth-order valence-corrected chi connectivity index (χ4v) is 6.22. The molecular formula is C30H29N3O2S. The summed E-state index contributed by atoms with van der Waals surface area (Å²) < 4.78 is 2.29. The number of imidazole rings is 1. The highest BCUT2D eigenvalue weighted by Crippen LogP contribution is 2.40. The third-order valence-corrected chi connectivity index (χ3v) is 8.23. The molecule has 182 valence electrons. The molecule has 1 saturated carbocycles. The molecule has 0 unspecified atom stereocenters. The number of thiophene rings is 1. The van der Waals surface area contributed by atoms with Crippen LogP contribution < -0.4 is 0 Å². The normalized spacial score (nSPS) is 17.7. The van der Waals surface area contributed by atoms with E-state index in [4.69, 9.17) is 4.98 Å². The minimum Gasteiger partial charge on any atom is -0.321 e. The van der Waals surface area contributed by atoms with Crippen molar-refractivity contribution in [1.82, 2.24) is 9.55 Å². The molecule has 1 fully saturated rings. The highest BCUT2D eigenvalue weighted by Gasteiger charge is 2.29. The van der Waals surface area contributed by atoms with E-state index in [0.29, 0.717) is 29.9 Å². The summed E-state index contributed by atoms with van der Waals surface area (Å²) in [6, 6.07) is 19.7. The van der Waals surface area contributed by atoms with E-state index in [2.05, 4.69) is 10.6 Å². The van der Waals surface area contributed by atoms with Crippen LogP contribution in [0.25, 0.3) is 22.4 Å². The molecule has 6 heteroatoms. The van der Waals surface area contributed by atoms with Gasteiger partial charge in [-0.1, -0.05) is 25.5 Å². The Morgan fingerprint density at radius 1 is 1.11 bits per heavy atom. The number of hydrogen-bond donors (Lipinski definition) is 0. The predicted molar refractivity (Wildman–Crippen MR) is 144 cm³/mol. The summed E-state index contributed by atoms with van der Waals surface area (Å²) in [6.07, 6.45) is 5.03. The first-order valence-corrected chi connectivity index (χ1v) is 13.4. The molecule has 2 heterocycles. The molecule has 0 N–H and O–H groups in total. The van der Waals surface area contributed by atoms with Gasteiger partial charge in [-0.2, -0.15) is 5.26 Å². The number of aromatic nitrogens is 2. The number of carbonyl (C=O) groups is 2. The molecule has 0 amide bonds. The summed E-state index contributed by atoms with van der Waals surface area (Å²) in [4.78, 5) is 32.3. The molecular weight excluding hydrogens is 466 g/mol. The molecule has 5 nitrogen and oxygen atoms in total. The Bertz CT molecular complexity index is 1490. The average molecular weight is 496 g/mol. The Balaban J connectivity index is 1.53. The van der Waals surface area contributed by atoms with Gasteiger partial charge in [-0.15, -0.1) is 11.3 Å². The standard InChI is InChI=1S/C30H29N3O2S/c1-3-27(34)22-11-12-26-25(17-22)32-30(23-8-4-7-21(14-23)18-31)33(26)24-9-5-6-20(15-24)16-28(35)29-13-10-19(2)36-29/h4,7-8,10-14,17,20,24H,3,5-6,9,15-16H2,1-2H3/t20-,24+/m1/s1. The molecule has 0 aliphatic heterocycles. The summed E-state index contributed by atoms with van der Waals surface area (Å²) >= 11 is 1.57. The molecule has 2 aromatic heterocycles. The van der Waals surface area contributed by atoms with Crippen LogP contribution in [0.15, 0.2) is 54.6 Å². The van der Waals surface area contributed by atoms with Crippen LogP contribution >= 0.6 is 11.3 Å². The topological polar surface area (TPSA) is 75.8 Å². The Morgan fingerprint density at radius 3 is 2.72 bits per heavy atom. The highest BCUT2D eigenvalue weighted by molar-refractivity contribution is 7.14. The zero-order valence-electron chi connectivity index (χ0n) is 20.7. The van der Waals surface area contributed by atoms with E-state index in [9.17, 15) is 14.9 Å². The van der Waals surface area contributed by atoms with E-state index in [-0.39, 0.29) is 17.6 Å². The molecule has 1 aliphatic rings. The number of nitrogens with zero attached hydrogens (tertiary/aromatic N) is 3. The quantitative estimate of drug-likeness (QED) is 0.248. The van der Waals surface area contributed by atoms with Gasteiger partial charge < -0.3 is 4.57 Å². The number of Topliss-reactive ketones (excluding diaryl/α,β-unsaturated/α-hetero) is 2.